The number of piperidine rings is 1. The molecule has 7 heteroatoms. The molecule has 2 heterocycles. The average molecular weight is 271 g/mol. The Morgan fingerprint density at radius 3 is 2.61 bits per heavy atom. The minimum absolute atomic E-state index is 0.0593. The van der Waals surface area contributed by atoms with Crippen LogP contribution in [0.4, 0.5) is 0 Å². The van der Waals surface area contributed by atoms with Crippen molar-refractivity contribution in [2.75, 3.05) is 13.1 Å². The number of nitrogens with zero attached hydrogens (tertiary/aromatic N) is 3. The summed E-state index contributed by atoms with van der Waals surface area (Å²) in [5.41, 5.74) is 0. The molecule has 0 radical (unpaired) electrons. The SMILES string of the molecule is Cc1nc(S(=O)(=O)N2CCC(=O)C(C)C2)cn1C. The first kappa shape index (κ1) is 13.2. The van der Waals surface area contributed by atoms with Gasteiger partial charge in [-0.05, 0) is 6.92 Å². The van der Waals surface area contributed by atoms with Crippen LogP contribution in [0.1, 0.15) is 19.2 Å². The molecule has 1 aliphatic heterocycles. The first-order chi connectivity index (χ1) is 8.32. The highest BCUT2D eigenvalue weighted by molar-refractivity contribution is 7.89. The van der Waals surface area contributed by atoms with Gasteiger partial charge in [-0.15, -0.1) is 0 Å². The van der Waals surface area contributed by atoms with Gasteiger partial charge in [-0.1, -0.05) is 6.92 Å². The van der Waals surface area contributed by atoms with Gasteiger partial charge in [0.2, 0.25) is 0 Å². The third-order valence-corrected chi connectivity index (χ3v) is 5.06. The quantitative estimate of drug-likeness (QED) is 0.777. The summed E-state index contributed by atoms with van der Waals surface area (Å²) in [6.07, 6.45) is 1.79. The third kappa shape index (κ3) is 2.20. The lowest BCUT2D eigenvalue weighted by Gasteiger charge is -2.28. The third-order valence-electron chi connectivity index (χ3n) is 3.33. The number of carbonyl (C=O) groups is 1. The van der Waals surface area contributed by atoms with Gasteiger partial charge in [0.25, 0.3) is 10.0 Å². The van der Waals surface area contributed by atoms with E-state index in [2.05, 4.69) is 4.98 Å². The second-order valence-electron chi connectivity index (χ2n) is 4.72. The van der Waals surface area contributed by atoms with E-state index in [0.29, 0.717) is 5.82 Å². The number of ketones is 1. The second-order valence-corrected chi connectivity index (χ2v) is 6.60. The predicted molar refractivity (Wildman–Crippen MR) is 65.5 cm³/mol. The van der Waals surface area contributed by atoms with Crippen LogP contribution in [0.25, 0.3) is 0 Å². The highest BCUT2D eigenvalue weighted by Crippen LogP contribution is 2.21. The molecule has 2 rings (SSSR count). The van der Waals surface area contributed by atoms with Gasteiger partial charge in [0.05, 0.1) is 0 Å². The second kappa shape index (κ2) is 4.47. The van der Waals surface area contributed by atoms with Crippen molar-refractivity contribution >= 4 is 15.8 Å². The molecule has 6 nitrogen and oxygen atoms in total. The lowest BCUT2D eigenvalue weighted by Crippen LogP contribution is -2.43. The van der Waals surface area contributed by atoms with Gasteiger partial charge in [-0.3, -0.25) is 4.79 Å². The fraction of sp³-hybridized carbons (Fsp3) is 0.636. The molecule has 0 aliphatic carbocycles. The number of aromatic nitrogens is 2. The summed E-state index contributed by atoms with van der Waals surface area (Å²) in [6, 6.07) is 0. The number of hydrogen-bond donors (Lipinski definition) is 0. The maximum atomic E-state index is 12.3. The minimum atomic E-state index is -3.57. The maximum Gasteiger partial charge on any atom is 0.262 e. The van der Waals surface area contributed by atoms with Crippen LogP contribution in [-0.4, -0.2) is 41.1 Å². The summed E-state index contributed by atoms with van der Waals surface area (Å²) in [5.74, 6) is 0.534. The van der Waals surface area contributed by atoms with Crippen LogP contribution in [-0.2, 0) is 21.9 Å². The fourth-order valence-electron chi connectivity index (χ4n) is 1.98. The van der Waals surface area contributed by atoms with E-state index in [1.54, 1.807) is 25.5 Å². The van der Waals surface area contributed by atoms with E-state index in [-0.39, 0.29) is 36.2 Å². The molecule has 1 saturated heterocycles. The fourth-order valence-corrected chi connectivity index (χ4v) is 3.54. The zero-order chi connectivity index (χ0) is 13.5. The zero-order valence-electron chi connectivity index (χ0n) is 10.8. The summed E-state index contributed by atoms with van der Waals surface area (Å²) in [7, 11) is -1.82. The summed E-state index contributed by atoms with van der Waals surface area (Å²) >= 11 is 0. The van der Waals surface area contributed by atoms with Gasteiger partial charge < -0.3 is 4.57 Å². The molecule has 1 unspecified atom stereocenters. The molecule has 1 aromatic rings. The van der Waals surface area contributed by atoms with Crippen molar-refractivity contribution in [3.8, 4) is 0 Å². The lowest BCUT2D eigenvalue weighted by molar-refractivity contribution is -0.124. The molecule has 18 heavy (non-hydrogen) atoms. The van der Waals surface area contributed by atoms with Crippen molar-refractivity contribution in [3.05, 3.63) is 12.0 Å². The smallest absolute Gasteiger partial charge is 0.262 e. The molecule has 1 atom stereocenters. The van der Waals surface area contributed by atoms with E-state index in [1.165, 1.54) is 10.5 Å². The molecule has 0 aromatic carbocycles. The Morgan fingerprint density at radius 1 is 1.44 bits per heavy atom. The highest BCUT2D eigenvalue weighted by Gasteiger charge is 2.33. The van der Waals surface area contributed by atoms with Crippen LogP contribution in [0, 0.1) is 12.8 Å². The normalized spacial score (nSPS) is 22.4. The van der Waals surface area contributed by atoms with Crippen molar-refractivity contribution in [1.82, 2.24) is 13.9 Å². The standard InChI is InChI=1S/C11H17N3O3S/c1-8-6-14(5-4-10(8)15)18(16,17)11-7-13(3)9(2)12-11/h7-8H,4-6H2,1-3H3. The Morgan fingerprint density at radius 2 is 2.11 bits per heavy atom. The first-order valence-corrected chi connectivity index (χ1v) is 7.29. The molecule has 0 bridgehead atoms. The predicted octanol–water partition coefficient (Wildman–Crippen LogP) is 0.328. The summed E-state index contributed by atoms with van der Waals surface area (Å²) in [5, 5.41) is 0.0593. The molecule has 0 N–H and O–H groups in total. The van der Waals surface area contributed by atoms with E-state index < -0.39 is 10.0 Å². The average Bonchev–Trinajstić information content (AvgIpc) is 2.64. The highest BCUT2D eigenvalue weighted by atomic mass is 32.2. The number of Topliss-reactive ketones (excluding diaryl/α,β-unsaturated/α-hetero) is 1. The van der Waals surface area contributed by atoms with Crippen LogP contribution in [0.15, 0.2) is 11.2 Å². The molecule has 100 valence electrons. The Bertz CT molecular complexity index is 557. The van der Waals surface area contributed by atoms with Gasteiger partial charge in [0.1, 0.15) is 11.6 Å². The Labute approximate surface area is 107 Å². The van der Waals surface area contributed by atoms with Crippen LogP contribution in [0.5, 0.6) is 0 Å². The van der Waals surface area contributed by atoms with Crippen LogP contribution < -0.4 is 0 Å². The van der Waals surface area contributed by atoms with Crippen LogP contribution in [0.3, 0.4) is 0 Å². The number of aryl methyl sites for hydroxylation is 2. The first-order valence-electron chi connectivity index (χ1n) is 5.85. The minimum Gasteiger partial charge on any atom is -0.337 e. The van der Waals surface area contributed by atoms with Crippen molar-refractivity contribution in [2.45, 2.75) is 25.3 Å². The van der Waals surface area contributed by atoms with Crippen molar-refractivity contribution in [3.63, 3.8) is 0 Å². The van der Waals surface area contributed by atoms with Gasteiger partial charge in [0.15, 0.2) is 5.03 Å². The molecule has 1 fully saturated rings. The summed E-state index contributed by atoms with van der Waals surface area (Å²) < 4.78 is 27.7. The topological polar surface area (TPSA) is 72.3 Å². The molecule has 0 amide bonds. The van der Waals surface area contributed by atoms with E-state index in [0.717, 1.165) is 0 Å². The van der Waals surface area contributed by atoms with Gasteiger partial charge in [-0.2, -0.15) is 4.31 Å². The summed E-state index contributed by atoms with van der Waals surface area (Å²) in [4.78, 5) is 15.5. The molecule has 0 saturated carbocycles. The van der Waals surface area contributed by atoms with E-state index >= 15 is 0 Å². The van der Waals surface area contributed by atoms with Crippen LogP contribution in [0.2, 0.25) is 0 Å². The number of sulfonamides is 1. The van der Waals surface area contributed by atoms with E-state index in [1.807, 2.05) is 0 Å². The van der Waals surface area contributed by atoms with Crippen molar-refractivity contribution < 1.29 is 13.2 Å². The molecule has 1 aliphatic rings. The van der Waals surface area contributed by atoms with E-state index in [9.17, 15) is 13.2 Å². The molecular formula is C11H17N3O3S. The number of carbonyl (C=O) groups excluding carboxylic acids is 1. The largest absolute Gasteiger partial charge is 0.337 e. The molecule has 0 spiro atoms. The Hall–Kier alpha value is -1.21. The van der Waals surface area contributed by atoms with E-state index in [4.69, 9.17) is 0 Å². The van der Waals surface area contributed by atoms with Gasteiger partial charge in [0, 0.05) is 38.7 Å². The van der Waals surface area contributed by atoms with Gasteiger partial charge in [-0.25, -0.2) is 13.4 Å². The Balaban J connectivity index is 2.29. The number of hydrogen-bond acceptors (Lipinski definition) is 4. The lowest BCUT2D eigenvalue weighted by atomic mass is 10.0. The number of imidazole rings is 1. The monoisotopic (exact) mass is 271 g/mol. The molecule has 1 aromatic heterocycles. The zero-order valence-corrected chi connectivity index (χ0v) is 11.6. The summed E-state index contributed by atoms with van der Waals surface area (Å²) in [6.45, 7) is 4.01. The van der Waals surface area contributed by atoms with Crippen LogP contribution >= 0.6 is 0 Å². The van der Waals surface area contributed by atoms with Gasteiger partial charge >= 0.3 is 0 Å². The van der Waals surface area contributed by atoms with Crippen molar-refractivity contribution in [1.29, 1.82) is 0 Å². The number of rotatable bonds is 2. The Kier molecular flexibility index (Phi) is 3.29. The van der Waals surface area contributed by atoms with Crippen molar-refractivity contribution in [2.24, 2.45) is 13.0 Å². The maximum absolute atomic E-state index is 12.3. The molecular weight excluding hydrogens is 254 g/mol.